The molecule has 0 saturated heterocycles. The first-order valence-electron chi connectivity index (χ1n) is 9.22. The highest BCUT2D eigenvalue weighted by Crippen LogP contribution is 2.13. The summed E-state index contributed by atoms with van der Waals surface area (Å²) in [4.78, 5) is 14.6. The Morgan fingerprint density at radius 3 is 2.89 bits per heavy atom. The molecule has 6 nitrogen and oxygen atoms in total. The number of hydrogen-bond donors (Lipinski definition) is 2. The Hall–Kier alpha value is -2.67. The van der Waals surface area contributed by atoms with Gasteiger partial charge in [-0.25, -0.2) is 15.0 Å². The number of hydrogen-bond acceptors (Lipinski definition) is 4. The maximum atomic E-state index is 4.68. The van der Waals surface area contributed by atoms with Crippen molar-refractivity contribution < 1.29 is 0 Å². The van der Waals surface area contributed by atoms with Gasteiger partial charge in [0.2, 0.25) is 0 Å². The average molecular weight is 383 g/mol. The Kier molecular flexibility index (Phi) is 6.98. The molecule has 0 amide bonds. The number of nitrogens with zero attached hydrogens (tertiary/aromatic N) is 4. The number of thiophene rings is 1. The van der Waals surface area contributed by atoms with E-state index in [1.165, 1.54) is 4.88 Å². The first kappa shape index (κ1) is 19.1. The Morgan fingerprint density at radius 1 is 1.30 bits per heavy atom. The lowest BCUT2D eigenvalue weighted by Gasteiger charge is -2.15. The first-order valence-corrected chi connectivity index (χ1v) is 10.1. The lowest BCUT2D eigenvalue weighted by Crippen LogP contribution is -2.39. The second kappa shape index (κ2) is 9.87. The molecule has 0 aliphatic heterocycles. The van der Waals surface area contributed by atoms with E-state index in [9.17, 15) is 0 Å². The number of nitrogens with one attached hydrogen (secondary N) is 2. The van der Waals surface area contributed by atoms with Gasteiger partial charge in [-0.15, -0.1) is 11.3 Å². The Balaban J connectivity index is 1.53. The van der Waals surface area contributed by atoms with Crippen LogP contribution in [0.2, 0.25) is 0 Å². The minimum Gasteiger partial charge on any atom is -0.357 e. The third kappa shape index (κ3) is 5.92. The normalized spacial score (nSPS) is 12.7. The van der Waals surface area contributed by atoms with Crippen molar-refractivity contribution in [2.75, 3.05) is 13.1 Å². The van der Waals surface area contributed by atoms with E-state index < -0.39 is 0 Å². The van der Waals surface area contributed by atoms with Crippen LogP contribution < -0.4 is 10.6 Å². The molecule has 0 aromatic carbocycles. The van der Waals surface area contributed by atoms with Crippen LogP contribution in [0.3, 0.4) is 0 Å². The Labute approximate surface area is 164 Å². The first-order chi connectivity index (χ1) is 13.2. The Morgan fingerprint density at radius 2 is 2.22 bits per heavy atom. The molecule has 0 aliphatic rings. The molecule has 0 aliphatic carbocycles. The minimum atomic E-state index is 0.545. The number of guanidine groups is 1. The molecule has 1 atom stereocenters. The van der Waals surface area contributed by atoms with E-state index in [2.05, 4.69) is 63.0 Å². The van der Waals surface area contributed by atoms with Crippen LogP contribution in [0.4, 0.5) is 0 Å². The number of aromatic nitrogens is 3. The number of imidazole rings is 1. The third-order valence-electron chi connectivity index (χ3n) is 4.09. The summed E-state index contributed by atoms with van der Waals surface area (Å²) in [6.07, 6.45) is 8.31. The van der Waals surface area contributed by atoms with Crippen LogP contribution in [-0.4, -0.2) is 33.6 Å². The lowest BCUT2D eigenvalue weighted by atomic mass is 10.1. The van der Waals surface area contributed by atoms with E-state index in [0.717, 1.165) is 36.9 Å². The van der Waals surface area contributed by atoms with Gasteiger partial charge in [0.05, 0.1) is 6.54 Å². The molecule has 3 heterocycles. The minimum absolute atomic E-state index is 0.545. The highest BCUT2D eigenvalue weighted by atomic mass is 32.1. The molecule has 0 saturated carbocycles. The molecule has 0 bridgehead atoms. The summed E-state index contributed by atoms with van der Waals surface area (Å²) in [5.74, 6) is 2.24. The van der Waals surface area contributed by atoms with E-state index >= 15 is 0 Å². The van der Waals surface area contributed by atoms with E-state index in [0.29, 0.717) is 12.5 Å². The van der Waals surface area contributed by atoms with Gasteiger partial charge < -0.3 is 10.6 Å². The summed E-state index contributed by atoms with van der Waals surface area (Å²) in [6.45, 7) is 6.65. The summed E-state index contributed by atoms with van der Waals surface area (Å²) in [5.41, 5.74) is 1.07. The maximum Gasteiger partial charge on any atom is 0.191 e. The molecule has 142 valence electrons. The molecule has 7 heteroatoms. The fraction of sp³-hybridized carbons (Fsp3) is 0.350. The number of aliphatic imine (C=N–C) groups is 1. The monoisotopic (exact) mass is 382 g/mol. The van der Waals surface area contributed by atoms with Crippen molar-refractivity contribution >= 4 is 17.3 Å². The van der Waals surface area contributed by atoms with Crippen molar-refractivity contribution in [1.29, 1.82) is 0 Å². The molecule has 3 aromatic rings. The van der Waals surface area contributed by atoms with E-state index in [-0.39, 0.29) is 0 Å². The summed E-state index contributed by atoms with van der Waals surface area (Å²) in [6, 6.07) is 8.34. The van der Waals surface area contributed by atoms with Gasteiger partial charge in [0.15, 0.2) is 5.96 Å². The van der Waals surface area contributed by atoms with Crippen molar-refractivity contribution in [3.63, 3.8) is 0 Å². The van der Waals surface area contributed by atoms with Crippen molar-refractivity contribution in [2.45, 2.75) is 26.8 Å². The SMILES string of the molecule is CCNC(=NCc1ccc(-n2ccnc2)nc1)NCC(C)Cc1cccs1. The largest absolute Gasteiger partial charge is 0.357 e. The molecule has 27 heavy (non-hydrogen) atoms. The molecule has 2 N–H and O–H groups in total. The van der Waals surface area contributed by atoms with Crippen LogP contribution >= 0.6 is 11.3 Å². The highest BCUT2D eigenvalue weighted by Gasteiger charge is 2.06. The predicted molar refractivity (Wildman–Crippen MR) is 111 cm³/mol. The van der Waals surface area contributed by atoms with Crippen molar-refractivity contribution in [1.82, 2.24) is 25.2 Å². The van der Waals surface area contributed by atoms with Crippen molar-refractivity contribution in [3.8, 4) is 5.82 Å². The van der Waals surface area contributed by atoms with Crippen LogP contribution in [0.15, 0.2) is 59.6 Å². The quantitative estimate of drug-likeness (QED) is 0.463. The van der Waals surface area contributed by atoms with Gasteiger partial charge in [-0.05, 0) is 42.3 Å². The van der Waals surface area contributed by atoms with Gasteiger partial charge in [-0.3, -0.25) is 4.57 Å². The molecular weight excluding hydrogens is 356 g/mol. The van der Waals surface area contributed by atoms with Crippen LogP contribution in [0.1, 0.15) is 24.3 Å². The number of pyridine rings is 1. The lowest BCUT2D eigenvalue weighted by molar-refractivity contribution is 0.562. The van der Waals surface area contributed by atoms with Crippen LogP contribution in [0.25, 0.3) is 5.82 Å². The zero-order valence-electron chi connectivity index (χ0n) is 15.8. The van der Waals surface area contributed by atoms with E-state index in [1.54, 1.807) is 12.5 Å². The Bertz CT molecular complexity index is 809. The van der Waals surface area contributed by atoms with Gasteiger partial charge in [-0.1, -0.05) is 19.1 Å². The van der Waals surface area contributed by atoms with Gasteiger partial charge in [0.25, 0.3) is 0 Å². The maximum absolute atomic E-state index is 4.68. The van der Waals surface area contributed by atoms with E-state index in [4.69, 9.17) is 0 Å². The molecule has 3 aromatic heterocycles. The van der Waals surface area contributed by atoms with Crippen LogP contribution in [-0.2, 0) is 13.0 Å². The van der Waals surface area contributed by atoms with Crippen molar-refractivity contribution in [3.05, 3.63) is 65.0 Å². The average Bonchev–Trinajstić information content (AvgIpc) is 3.38. The predicted octanol–water partition coefficient (Wildman–Crippen LogP) is 3.26. The topological polar surface area (TPSA) is 67.1 Å². The fourth-order valence-corrected chi connectivity index (χ4v) is 3.55. The molecule has 0 radical (unpaired) electrons. The van der Waals surface area contributed by atoms with Gasteiger partial charge in [0, 0.05) is 36.6 Å². The van der Waals surface area contributed by atoms with Gasteiger partial charge in [-0.2, -0.15) is 0 Å². The van der Waals surface area contributed by atoms with Gasteiger partial charge >= 0.3 is 0 Å². The van der Waals surface area contributed by atoms with Gasteiger partial charge in [0.1, 0.15) is 12.1 Å². The summed E-state index contributed by atoms with van der Waals surface area (Å²) >= 11 is 1.82. The summed E-state index contributed by atoms with van der Waals surface area (Å²) in [7, 11) is 0. The standard InChI is InChI=1S/C20H26N6S/c1-3-22-20(24-12-16(2)11-18-5-4-10-27-18)25-14-17-6-7-19(23-13-17)26-9-8-21-15-26/h4-10,13,15-16H,3,11-12,14H2,1-2H3,(H2,22,24,25). The second-order valence-corrected chi connectivity index (χ2v) is 7.49. The molecule has 0 spiro atoms. The second-order valence-electron chi connectivity index (χ2n) is 6.46. The molecule has 0 fully saturated rings. The summed E-state index contributed by atoms with van der Waals surface area (Å²) < 4.78 is 1.88. The molecule has 1 unspecified atom stereocenters. The molecular formula is C20H26N6S. The number of rotatable bonds is 8. The van der Waals surface area contributed by atoms with Crippen molar-refractivity contribution in [2.24, 2.45) is 10.9 Å². The van der Waals surface area contributed by atoms with E-state index in [1.807, 2.05) is 34.4 Å². The third-order valence-corrected chi connectivity index (χ3v) is 4.99. The molecule has 3 rings (SSSR count). The fourth-order valence-electron chi connectivity index (χ4n) is 2.68. The smallest absolute Gasteiger partial charge is 0.191 e. The van der Waals surface area contributed by atoms with Crippen LogP contribution in [0.5, 0.6) is 0 Å². The summed E-state index contributed by atoms with van der Waals surface area (Å²) in [5, 5.41) is 8.89. The zero-order chi connectivity index (χ0) is 18.9. The highest BCUT2D eigenvalue weighted by molar-refractivity contribution is 7.09. The van der Waals surface area contributed by atoms with Crippen LogP contribution in [0, 0.1) is 5.92 Å². The zero-order valence-corrected chi connectivity index (χ0v) is 16.6.